The second-order valence-electron chi connectivity index (χ2n) is 2.76. The summed E-state index contributed by atoms with van der Waals surface area (Å²) in [5.41, 5.74) is -1.79. The number of halogens is 5. The molecule has 6 heteroatoms. The van der Waals surface area contributed by atoms with Crippen molar-refractivity contribution in [2.24, 2.45) is 0 Å². The minimum absolute atomic E-state index is 0.242. The first-order chi connectivity index (χ1) is 6.86. The summed E-state index contributed by atoms with van der Waals surface area (Å²) in [7, 11) is 0. The SMILES string of the molecule is N#CCc1cc(Cl)cc(C(F)(F)F)c1F. The van der Waals surface area contributed by atoms with Crippen molar-refractivity contribution in [2.75, 3.05) is 0 Å². The van der Waals surface area contributed by atoms with E-state index in [2.05, 4.69) is 0 Å². The Morgan fingerprint density at radius 2 is 1.93 bits per heavy atom. The normalized spacial score (nSPS) is 11.2. The number of hydrogen-bond donors (Lipinski definition) is 0. The first-order valence-corrected chi connectivity index (χ1v) is 4.16. The molecule has 0 unspecified atom stereocenters. The van der Waals surface area contributed by atoms with Crippen LogP contribution in [0.25, 0.3) is 0 Å². The molecule has 80 valence electrons. The minimum atomic E-state index is -4.81. The summed E-state index contributed by atoms with van der Waals surface area (Å²) in [5.74, 6) is -1.44. The van der Waals surface area contributed by atoms with Crippen molar-refractivity contribution in [1.29, 1.82) is 5.26 Å². The highest BCUT2D eigenvalue weighted by molar-refractivity contribution is 6.30. The Balaban J connectivity index is 3.36. The highest BCUT2D eigenvalue weighted by atomic mass is 35.5. The van der Waals surface area contributed by atoms with Gasteiger partial charge in [-0.05, 0) is 12.1 Å². The number of nitriles is 1. The van der Waals surface area contributed by atoms with Gasteiger partial charge >= 0.3 is 6.18 Å². The minimum Gasteiger partial charge on any atom is -0.206 e. The standard InChI is InChI=1S/C9H4ClF4N/c10-6-3-5(1-2-15)8(11)7(4-6)9(12,13)14/h3-4H,1H2. The summed E-state index contributed by atoms with van der Waals surface area (Å²) in [5, 5.41) is 8.05. The van der Waals surface area contributed by atoms with Crippen LogP contribution >= 0.6 is 11.6 Å². The van der Waals surface area contributed by atoms with Crippen molar-refractivity contribution in [1.82, 2.24) is 0 Å². The molecule has 0 aliphatic heterocycles. The summed E-state index contributed by atoms with van der Waals surface area (Å²) in [4.78, 5) is 0. The van der Waals surface area contributed by atoms with E-state index in [0.717, 1.165) is 6.07 Å². The Hall–Kier alpha value is -1.28. The number of nitrogens with zero attached hydrogens (tertiary/aromatic N) is 1. The van der Waals surface area contributed by atoms with Crippen molar-refractivity contribution in [3.8, 4) is 6.07 Å². The monoisotopic (exact) mass is 237 g/mol. The highest BCUT2D eigenvalue weighted by Crippen LogP contribution is 2.34. The van der Waals surface area contributed by atoms with Gasteiger partial charge in [-0.3, -0.25) is 0 Å². The molecule has 0 aliphatic carbocycles. The molecule has 0 saturated heterocycles. The lowest BCUT2D eigenvalue weighted by molar-refractivity contribution is -0.140. The lowest BCUT2D eigenvalue weighted by Gasteiger charge is -2.10. The van der Waals surface area contributed by atoms with E-state index in [1.807, 2.05) is 0 Å². The molecule has 0 atom stereocenters. The van der Waals surface area contributed by atoms with Gasteiger partial charge in [0.2, 0.25) is 0 Å². The zero-order valence-corrected chi connectivity index (χ0v) is 7.95. The van der Waals surface area contributed by atoms with Crippen molar-refractivity contribution in [2.45, 2.75) is 12.6 Å². The van der Waals surface area contributed by atoms with Crippen molar-refractivity contribution in [3.63, 3.8) is 0 Å². The van der Waals surface area contributed by atoms with E-state index in [-0.39, 0.29) is 10.6 Å². The summed E-state index contributed by atoms with van der Waals surface area (Å²) < 4.78 is 50.0. The first-order valence-electron chi connectivity index (χ1n) is 3.78. The van der Waals surface area contributed by atoms with Crippen molar-refractivity contribution < 1.29 is 17.6 Å². The zero-order valence-electron chi connectivity index (χ0n) is 7.20. The summed E-state index contributed by atoms with van der Waals surface area (Å²) >= 11 is 5.39. The molecule has 1 nitrogen and oxygen atoms in total. The van der Waals surface area contributed by atoms with Gasteiger partial charge in [0, 0.05) is 10.6 Å². The van der Waals surface area contributed by atoms with Gasteiger partial charge in [-0.15, -0.1) is 0 Å². The van der Waals surface area contributed by atoms with Gasteiger partial charge < -0.3 is 0 Å². The van der Waals surface area contributed by atoms with E-state index in [9.17, 15) is 17.6 Å². The number of benzene rings is 1. The van der Waals surface area contributed by atoms with Gasteiger partial charge in [0.15, 0.2) is 0 Å². The van der Waals surface area contributed by atoms with Gasteiger partial charge in [0.25, 0.3) is 0 Å². The number of rotatable bonds is 1. The van der Waals surface area contributed by atoms with Crippen molar-refractivity contribution >= 4 is 11.6 Å². The van der Waals surface area contributed by atoms with Gasteiger partial charge in [-0.25, -0.2) is 4.39 Å². The van der Waals surface area contributed by atoms with Crippen LogP contribution in [0, 0.1) is 17.1 Å². The molecule has 0 radical (unpaired) electrons. The molecule has 0 N–H and O–H groups in total. The second kappa shape index (κ2) is 4.07. The van der Waals surface area contributed by atoms with Crippen LogP contribution in [-0.2, 0) is 12.6 Å². The molecule has 0 fully saturated rings. The van der Waals surface area contributed by atoms with E-state index < -0.39 is 24.0 Å². The van der Waals surface area contributed by atoms with E-state index in [1.165, 1.54) is 0 Å². The van der Waals surface area contributed by atoms with Crippen LogP contribution in [0.15, 0.2) is 12.1 Å². The Bertz CT molecular complexity index is 419. The molecule has 1 aromatic carbocycles. The zero-order chi connectivity index (χ0) is 11.6. The number of hydrogen-bond acceptors (Lipinski definition) is 1. The average Bonchev–Trinajstić information content (AvgIpc) is 2.09. The third-order valence-corrected chi connectivity index (χ3v) is 1.91. The third-order valence-electron chi connectivity index (χ3n) is 1.69. The van der Waals surface area contributed by atoms with E-state index in [4.69, 9.17) is 16.9 Å². The smallest absolute Gasteiger partial charge is 0.206 e. The van der Waals surface area contributed by atoms with Crippen LogP contribution in [0.1, 0.15) is 11.1 Å². The molecule has 0 aromatic heterocycles. The van der Waals surface area contributed by atoms with Crippen molar-refractivity contribution in [3.05, 3.63) is 34.1 Å². The molecule has 0 heterocycles. The molecule has 1 rings (SSSR count). The molecule has 0 spiro atoms. The van der Waals surface area contributed by atoms with Gasteiger partial charge in [-0.1, -0.05) is 11.6 Å². The fourth-order valence-electron chi connectivity index (χ4n) is 1.07. The first kappa shape index (κ1) is 11.8. The van der Waals surface area contributed by atoms with E-state index in [1.54, 1.807) is 6.07 Å². The fourth-order valence-corrected chi connectivity index (χ4v) is 1.31. The van der Waals surface area contributed by atoms with Gasteiger partial charge in [-0.2, -0.15) is 18.4 Å². The lowest BCUT2D eigenvalue weighted by Crippen LogP contribution is -2.10. The van der Waals surface area contributed by atoms with Gasteiger partial charge in [0.1, 0.15) is 5.82 Å². The fraction of sp³-hybridized carbons (Fsp3) is 0.222. The predicted octanol–water partition coefficient (Wildman–Crippen LogP) is 3.56. The van der Waals surface area contributed by atoms with E-state index in [0.29, 0.717) is 6.07 Å². The van der Waals surface area contributed by atoms with Crippen LogP contribution < -0.4 is 0 Å². The maximum atomic E-state index is 13.2. The maximum Gasteiger partial charge on any atom is 0.419 e. The molecule has 0 amide bonds. The molecule has 15 heavy (non-hydrogen) atoms. The maximum absolute atomic E-state index is 13.2. The molecular weight excluding hydrogens is 234 g/mol. The Morgan fingerprint density at radius 3 is 2.40 bits per heavy atom. The summed E-state index contributed by atoms with van der Waals surface area (Å²) in [6, 6.07) is 3.07. The molecule has 0 bridgehead atoms. The van der Waals surface area contributed by atoms with Crippen LogP contribution in [0.3, 0.4) is 0 Å². The summed E-state index contributed by atoms with van der Waals surface area (Å²) in [6.45, 7) is 0. The highest BCUT2D eigenvalue weighted by Gasteiger charge is 2.35. The summed E-state index contributed by atoms with van der Waals surface area (Å²) in [6.07, 6.45) is -5.26. The molecule has 1 aromatic rings. The quantitative estimate of drug-likeness (QED) is 0.685. The molecule has 0 aliphatic rings. The average molecular weight is 238 g/mol. The Labute approximate surface area is 87.9 Å². The molecule has 0 saturated carbocycles. The Kier molecular flexibility index (Phi) is 3.20. The van der Waals surface area contributed by atoms with Crippen LogP contribution in [0.4, 0.5) is 17.6 Å². The largest absolute Gasteiger partial charge is 0.419 e. The van der Waals surface area contributed by atoms with Crippen LogP contribution in [0.5, 0.6) is 0 Å². The van der Waals surface area contributed by atoms with Crippen LogP contribution in [-0.4, -0.2) is 0 Å². The van der Waals surface area contributed by atoms with Crippen LogP contribution in [0.2, 0.25) is 5.02 Å². The lowest BCUT2D eigenvalue weighted by atomic mass is 10.1. The molecular formula is C9H4ClF4N. The van der Waals surface area contributed by atoms with Gasteiger partial charge in [0.05, 0.1) is 18.1 Å². The third kappa shape index (κ3) is 2.60. The second-order valence-corrected chi connectivity index (χ2v) is 3.20. The Morgan fingerprint density at radius 1 is 1.33 bits per heavy atom. The number of alkyl halides is 3. The topological polar surface area (TPSA) is 23.8 Å². The van der Waals surface area contributed by atoms with E-state index >= 15 is 0 Å². The predicted molar refractivity (Wildman–Crippen MR) is 45.7 cm³/mol.